The van der Waals surface area contributed by atoms with Crippen LogP contribution in [0.4, 0.5) is 4.79 Å². The Bertz CT molecular complexity index is 635. The molecule has 0 spiro atoms. The number of carbonyl (C=O) groups excluding carboxylic acids is 2. The van der Waals surface area contributed by atoms with Gasteiger partial charge in [0.2, 0.25) is 5.91 Å². The minimum Gasteiger partial charge on any atom is -0.481 e. The number of piperidine rings is 1. The van der Waals surface area contributed by atoms with Crippen LogP contribution in [0.5, 0.6) is 0 Å². The van der Waals surface area contributed by atoms with Crippen LogP contribution in [-0.4, -0.2) is 59.0 Å². The lowest BCUT2D eigenvalue weighted by Gasteiger charge is -2.37. The number of likely N-dealkylation sites (tertiary alicyclic amines) is 1. The van der Waals surface area contributed by atoms with Gasteiger partial charge in [-0.1, -0.05) is 30.3 Å². The average molecular weight is 361 g/mol. The number of hydrogen-bond acceptors (Lipinski definition) is 3. The van der Waals surface area contributed by atoms with Crippen molar-refractivity contribution in [1.29, 1.82) is 0 Å². The molecule has 0 unspecified atom stereocenters. The number of hydrogen-bond donors (Lipinski definition) is 2. The molecule has 142 valence electrons. The van der Waals surface area contributed by atoms with Crippen molar-refractivity contribution in [3.8, 4) is 0 Å². The van der Waals surface area contributed by atoms with Crippen LogP contribution in [0.3, 0.4) is 0 Å². The second-order valence-corrected chi connectivity index (χ2v) is 6.74. The highest BCUT2D eigenvalue weighted by molar-refractivity contribution is 5.80. The molecule has 0 bridgehead atoms. The molecular weight excluding hydrogens is 334 g/mol. The predicted molar refractivity (Wildman–Crippen MR) is 97.5 cm³/mol. The van der Waals surface area contributed by atoms with Gasteiger partial charge in [-0.25, -0.2) is 4.79 Å². The first kappa shape index (κ1) is 19.8. The lowest BCUT2D eigenvalue weighted by molar-refractivity contribution is -0.149. The molecule has 0 aliphatic carbocycles. The van der Waals surface area contributed by atoms with E-state index < -0.39 is 11.9 Å². The van der Waals surface area contributed by atoms with E-state index in [4.69, 9.17) is 0 Å². The Hall–Kier alpha value is -2.57. The number of carboxylic acids is 1. The molecule has 1 aliphatic rings. The maximum atomic E-state index is 12.4. The number of nitrogens with one attached hydrogen (secondary N) is 1. The lowest BCUT2D eigenvalue weighted by Crippen LogP contribution is -2.49. The first-order valence-corrected chi connectivity index (χ1v) is 8.95. The molecular formula is C19H27N3O4. The van der Waals surface area contributed by atoms with Gasteiger partial charge in [0.05, 0.1) is 5.92 Å². The second kappa shape index (κ2) is 9.22. The van der Waals surface area contributed by atoms with Crippen molar-refractivity contribution in [2.24, 2.45) is 5.92 Å². The van der Waals surface area contributed by atoms with E-state index >= 15 is 0 Å². The molecule has 7 nitrogen and oxygen atoms in total. The molecule has 3 amide bonds. The largest absolute Gasteiger partial charge is 0.481 e. The third kappa shape index (κ3) is 5.21. The number of carbonyl (C=O) groups is 3. The molecule has 2 N–H and O–H groups in total. The van der Waals surface area contributed by atoms with Crippen molar-refractivity contribution in [2.75, 3.05) is 20.1 Å². The van der Waals surface area contributed by atoms with Gasteiger partial charge in [0.1, 0.15) is 0 Å². The molecule has 26 heavy (non-hydrogen) atoms. The van der Waals surface area contributed by atoms with Crippen molar-refractivity contribution >= 4 is 17.9 Å². The number of benzene rings is 1. The van der Waals surface area contributed by atoms with Crippen molar-refractivity contribution in [3.05, 3.63) is 35.9 Å². The van der Waals surface area contributed by atoms with Crippen molar-refractivity contribution in [3.63, 3.8) is 0 Å². The maximum Gasteiger partial charge on any atom is 0.317 e. The molecule has 2 rings (SSSR count). The van der Waals surface area contributed by atoms with Gasteiger partial charge in [-0.3, -0.25) is 9.59 Å². The van der Waals surface area contributed by atoms with E-state index in [0.29, 0.717) is 25.9 Å². The zero-order valence-corrected chi connectivity index (χ0v) is 15.4. The van der Waals surface area contributed by atoms with Gasteiger partial charge in [0.25, 0.3) is 0 Å². The van der Waals surface area contributed by atoms with Gasteiger partial charge < -0.3 is 20.2 Å². The molecule has 1 aromatic carbocycles. The predicted octanol–water partition coefficient (Wildman–Crippen LogP) is 1.93. The zero-order chi connectivity index (χ0) is 19.1. The monoisotopic (exact) mass is 361 g/mol. The van der Waals surface area contributed by atoms with E-state index in [2.05, 4.69) is 5.32 Å². The van der Waals surface area contributed by atoms with E-state index in [1.54, 1.807) is 23.8 Å². The third-order valence-corrected chi connectivity index (χ3v) is 4.85. The fourth-order valence-electron chi connectivity index (χ4n) is 3.31. The standard InChI is InChI=1S/C19H27N3O4/c1-14-16(18(24)25)9-6-12-22(14)17(23)10-11-20-19(26)21(2)13-15-7-4-3-5-8-15/h3-5,7-8,14,16H,6,9-13H2,1-2H3,(H,20,26)(H,24,25)/t14-,16-/m1/s1. The van der Waals surface area contributed by atoms with E-state index in [1.807, 2.05) is 30.3 Å². The van der Waals surface area contributed by atoms with Crippen molar-refractivity contribution < 1.29 is 19.5 Å². The van der Waals surface area contributed by atoms with Gasteiger partial charge in [-0.15, -0.1) is 0 Å². The number of amides is 3. The smallest absolute Gasteiger partial charge is 0.317 e. The number of rotatable bonds is 6. The van der Waals surface area contributed by atoms with Crippen LogP contribution in [-0.2, 0) is 16.1 Å². The summed E-state index contributed by atoms with van der Waals surface area (Å²) in [5, 5.41) is 12.0. The molecule has 0 saturated carbocycles. The topological polar surface area (TPSA) is 90.0 Å². The van der Waals surface area contributed by atoms with Gasteiger partial charge >= 0.3 is 12.0 Å². The number of aliphatic carboxylic acids is 1. The van der Waals surface area contributed by atoms with E-state index in [-0.39, 0.29) is 30.9 Å². The summed E-state index contributed by atoms with van der Waals surface area (Å²) in [6.07, 6.45) is 1.46. The highest BCUT2D eigenvalue weighted by Gasteiger charge is 2.34. The second-order valence-electron chi connectivity index (χ2n) is 6.74. The Morgan fingerprint density at radius 2 is 1.96 bits per heavy atom. The Balaban J connectivity index is 1.76. The summed E-state index contributed by atoms with van der Waals surface area (Å²) in [5.41, 5.74) is 1.03. The van der Waals surface area contributed by atoms with Crippen LogP contribution in [0.15, 0.2) is 30.3 Å². The van der Waals surface area contributed by atoms with Crippen molar-refractivity contribution in [2.45, 2.75) is 38.8 Å². The Labute approximate surface area is 154 Å². The molecule has 1 aliphatic heterocycles. The molecule has 1 saturated heterocycles. The summed E-state index contributed by atoms with van der Waals surface area (Å²) in [6.45, 7) is 3.08. The SMILES string of the molecule is C[C@@H]1[C@H](C(=O)O)CCCN1C(=O)CCNC(=O)N(C)Cc1ccccc1. The fourth-order valence-corrected chi connectivity index (χ4v) is 3.31. The van der Waals surface area contributed by atoms with Gasteiger partial charge in [-0.2, -0.15) is 0 Å². The quantitative estimate of drug-likeness (QED) is 0.810. The lowest BCUT2D eigenvalue weighted by atomic mass is 9.90. The minimum atomic E-state index is -0.856. The van der Waals surface area contributed by atoms with E-state index in [0.717, 1.165) is 5.56 Å². The Morgan fingerprint density at radius 1 is 1.27 bits per heavy atom. The van der Waals surface area contributed by atoms with Crippen LogP contribution in [0.1, 0.15) is 31.7 Å². The highest BCUT2D eigenvalue weighted by atomic mass is 16.4. The van der Waals surface area contributed by atoms with E-state index in [9.17, 15) is 19.5 Å². The number of urea groups is 1. The Kier molecular flexibility index (Phi) is 7.00. The molecule has 7 heteroatoms. The molecule has 1 fully saturated rings. The summed E-state index contributed by atoms with van der Waals surface area (Å²) < 4.78 is 0. The fraction of sp³-hybridized carbons (Fsp3) is 0.526. The van der Waals surface area contributed by atoms with E-state index in [1.165, 1.54) is 0 Å². The van der Waals surface area contributed by atoms with Gasteiger partial charge in [0.15, 0.2) is 0 Å². The third-order valence-electron chi connectivity index (χ3n) is 4.85. The zero-order valence-electron chi connectivity index (χ0n) is 15.4. The van der Waals surface area contributed by atoms with Crippen LogP contribution < -0.4 is 5.32 Å². The molecule has 0 radical (unpaired) electrons. The summed E-state index contributed by atoms with van der Waals surface area (Å²) in [6, 6.07) is 9.11. The number of nitrogens with zero attached hydrogens (tertiary/aromatic N) is 2. The minimum absolute atomic E-state index is 0.116. The first-order chi connectivity index (χ1) is 12.4. The van der Waals surface area contributed by atoms with Crippen LogP contribution in [0.25, 0.3) is 0 Å². The summed E-state index contributed by atoms with van der Waals surface area (Å²) in [7, 11) is 1.70. The average Bonchev–Trinajstić information content (AvgIpc) is 2.62. The summed E-state index contributed by atoms with van der Waals surface area (Å²) in [4.78, 5) is 39.0. The number of carboxylic acid groups (broad SMARTS) is 1. The summed E-state index contributed by atoms with van der Waals surface area (Å²) in [5.74, 6) is -1.49. The molecule has 1 aromatic rings. The van der Waals surface area contributed by atoms with Crippen molar-refractivity contribution in [1.82, 2.24) is 15.1 Å². The van der Waals surface area contributed by atoms with Crippen LogP contribution in [0.2, 0.25) is 0 Å². The summed E-state index contributed by atoms with van der Waals surface area (Å²) >= 11 is 0. The van der Waals surface area contributed by atoms with Gasteiger partial charge in [-0.05, 0) is 25.3 Å². The van der Waals surface area contributed by atoms with Crippen LogP contribution >= 0.6 is 0 Å². The molecule has 2 atom stereocenters. The normalized spacial score (nSPS) is 19.7. The van der Waals surface area contributed by atoms with Crippen LogP contribution in [0, 0.1) is 5.92 Å². The molecule has 1 heterocycles. The van der Waals surface area contributed by atoms with Gasteiger partial charge in [0, 0.05) is 39.1 Å². The highest BCUT2D eigenvalue weighted by Crippen LogP contribution is 2.24. The first-order valence-electron chi connectivity index (χ1n) is 8.95. The maximum absolute atomic E-state index is 12.4. The molecule has 0 aromatic heterocycles. The Morgan fingerprint density at radius 3 is 2.62 bits per heavy atom.